The monoisotopic (exact) mass is 465 g/mol. The molecule has 0 aliphatic carbocycles. The molecule has 0 saturated heterocycles. The first-order valence-corrected chi connectivity index (χ1v) is 11.3. The van der Waals surface area contributed by atoms with Gasteiger partial charge < -0.3 is 10.2 Å². The molecule has 180 valence electrons. The lowest BCUT2D eigenvalue weighted by Gasteiger charge is -2.16. The molecule has 9 heteroatoms. The zero-order chi connectivity index (χ0) is 25.2. The number of nitrogens with one attached hydrogen (secondary N) is 2. The maximum absolute atomic E-state index is 13.3. The van der Waals surface area contributed by atoms with Gasteiger partial charge >= 0.3 is 5.69 Å². The van der Waals surface area contributed by atoms with Crippen molar-refractivity contribution in [2.75, 3.05) is 19.4 Å². The van der Waals surface area contributed by atoms with Crippen LogP contribution in [0.25, 0.3) is 11.0 Å². The summed E-state index contributed by atoms with van der Waals surface area (Å²) >= 11 is 0. The molecule has 0 atom stereocenters. The molecule has 1 aromatic carbocycles. The van der Waals surface area contributed by atoms with Gasteiger partial charge in [-0.3, -0.25) is 23.9 Å². The molecule has 3 rings (SSSR count). The summed E-state index contributed by atoms with van der Waals surface area (Å²) in [5.74, 6) is -0.391. The molecule has 0 bridgehead atoms. The Morgan fingerprint density at radius 2 is 1.74 bits per heavy atom. The molecule has 9 nitrogen and oxygen atoms in total. The predicted octanol–water partition coefficient (Wildman–Crippen LogP) is 2.75. The second-order valence-electron chi connectivity index (χ2n) is 9.33. The maximum Gasteiger partial charge on any atom is 0.330 e. The van der Waals surface area contributed by atoms with Crippen LogP contribution in [-0.2, 0) is 17.8 Å². The minimum absolute atomic E-state index is 0.0204. The van der Waals surface area contributed by atoms with Crippen molar-refractivity contribution >= 4 is 28.5 Å². The van der Waals surface area contributed by atoms with Crippen molar-refractivity contribution in [2.45, 2.75) is 46.6 Å². The van der Waals surface area contributed by atoms with E-state index in [2.05, 4.69) is 15.3 Å². The van der Waals surface area contributed by atoms with E-state index < -0.39 is 17.2 Å². The number of pyridine rings is 1. The average molecular weight is 466 g/mol. The van der Waals surface area contributed by atoms with Crippen LogP contribution in [-0.4, -0.2) is 45.3 Å². The zero-order valence-corrected chi connectivity index (χ0v) is 20.4. The summed E-state index contributed by atoms with van der Waals surface area (Å²) in [5.41, 5.74) is 1.11. The molecule has 34 heavy (non-hydrogen) atoms. The number of fused-ring (bicyclic) bond motifs is 1. The highest BCUT2D eigenvalue weighted by atomic mass is 16.2. The molecule has 0 radical (unpaired) electrons. The number of carbonyl (C=O) groups excluding carboxylic acids is 2. The van der Waals surface area contributed by atoms with Gasteiger partial charge in [-0.25, -0.2) is 9.78 Å². The highest BCUT2D eigenvalue weighted by Gasteiger charge is 2.21. The third kappa shape index (κ3) is 5.41. The summed E-state index contributed by atoms with van der Waals surface area (Å²) in [6, 6.07) is 8.57. The molecule has 2 N–H and O–H groups in total. The van der Waals surface area contributed by atoms with Gasteiger partial charge in [0.05, 0.1) is 17.4 Å². The molecular formula is C25H31N5O4. The van der Waals surface area contributed by atoms with Crippen molar-refractivity contribution in [3.63, 3.8) is 0 Å². The number of aromatic nitrogens is 3. The van der Waals surface area contributed by atoms with E-state index in [-0.39, 0.29) is 40.8 Å². The van der Waals surface area contributed by atoms with Crippen molar-refractivity contribution in [3.8, 4) is 0 Å². The van der Waals surface area contributed by atoms with E-state index in [1.165, 1.54) is 9.47 Å². The van der Waals surface area contributed by atoms with E-state index in [4.69, 9.17) is 0 Å². The summed E-state index contributed by atoms with van der Waals surface area (Å²) in [6.07, 6.45) is 0.261. The van der Waals surface area contributed by atoms with Gasteiger partial charge in [-0.05, 0) is 35.6 Å². The Morgan fingerprint density at radius 1 is 1.09 bits per heavy atom. The van der Waals surface area contributed by atoms with Crippen LogP contribution in [0.3, 0.4) is 0 Å². The van der Waals surface area contributed by atoms with Crippen LogP contribution in [0.15, 0.2) is 39.9 Å². The Balaban J connectivity index is 2.04. The molecule has 2 amide bonds. The van der Waals surface area contributed by atoms with Crippen LogP contribution >= 0.6 is 0 Å². The summed E-state index contributed by atoms with van der Waals surface area (Å²) in [6.45, 7) is 8.14. The molecular weight excluding hydrogens is 434 g/mol. The van der Waals surface area contributed by atoms with Gasteiger partial charge in [0.25, 0.3) is 11.5 Å². The molecule has 0 spiro atoms. The fraction of sp³-hybridized carbons (Fsp3) is 0.400. The van der Waals surface area contributed by atoms with Gasteiger partial charge in [-0.1, -0.05) is 39.8 Å². The first-order valence-electron chi connectivity index (χ1n) is 11.3. The molecule has 2 aromatic heterocycles. The Bertz CT molecular complexity index is 1330. The highest BCUT2D eigenvalue weighted by Crippen LogP contribution is 2.21. The first kappa shape index (κ1) is 24.9. The SMILES string of the molecule is CC(C)Cn1c(=O)[nH]c(=O)c2c(C(=O)Nc3ccc(CC(=O)N(C)C)cc3)cc(C(C)C)nc21. The normalized spacial score (nSPS) is 11.3. The lowest BCUT2D eigenvalue weighted by molar-refractivity contribution is -0.127. The Kier molecular flexibility index (Phi) is 7.34. The second kappa shape index (κ2) is 10.0. The van der Waals surface area contributed by atoms with Gasteiger partial charge in [-0.2, -0.15) is 0 Å². The van der Waals surface area contributed by atoms with Gasteiger partial charge in [0.1, 0.15) is 0 Å². The summed E-state index contributed by atoms with van der Waals surface area (Å²) in [7, 11) is 3.40. The maximum atomic E-state index is 13.3. The largest absolute Gasteiger partial charge is 0.349 e. The van der Waals surface area contributed by atoms with E-state index in [1.54, 1.807) is 44.4 Å². The third-order valence-corrected chi connectivity index (χ3v) is 5.42. The standard InChI is InChI=1S/C25H31N5O4/c1-14(2)13-30-22-21(24(33)28-25(30)34)18(12-19(27-22)15(3)4)23(32)26-17-9-7-16(8-10-17)11-20(31)29(5)6/h7-10,12,14-15H,11,13H2,1-6H3,(H,26,32)(H,28,33,34). The van der Waals surface area contributed by atoms with Gasteiger partial charge in [0.2, 0.25) is 5.91 Å². The lowest BCUT2D eigenvalue weighted by Crippen LogP contribution is -2.33. The second-order valence-corrected chi connectivity index (χ2v) is 9.33. The number of benzene rings is 1. The topological polar surface area (TPSA) is 117 Å². The van der Waals surface area contributed by atoms with E-state index in [9.17, 15) is 19.2 Å². The van der Waals surface area contributed by atoms with Crippen molar-refractivity contribution in [1.29, 1.82) is 0 Å². The van der Waals surface area contributed by atoms with Crippen LogP contribution in [0.2, 0.25) is 0 Å². The summed E-state index contributed by atoms with van der Waals surface area (Å²) in [4.78, 5) is 58.9. The number of aromatic amines is 1. The quantitative estimate of drug-likeness (QED) is 0.556. The number of nitrogens with zero attached hydrogens (tertiary/aromatic N) is 3. The smallest absolute Gasteiger partial charge is 0.330 e. The average Bonchev–Trinajstić information content (AvgIpc) is 2.76. The molecule has 3 aromatic rings. The molecule has 0 aliphatic rings. The van der Waals surface area contributed by atoms with Crippen LogP contribution in [0.4, 0.5) is 5.69 Å². The van der Waals surface area contributed by atoms with E-state index in [0.717, 1.165) is 5.56 Å². The summed E-state index contributed by atoms with van der Waals surface area (Å²) in [5, 5.41) is 2.90. The van der Waals surface area contributed by atoms with E-state index in [0.29, 0.717) is 17.9 Å². The van der Waals surface area contributed by atoms with Crippen LogP contribution in [0.5, 0.6) is 0 Å². The van der Waals surface area contributed by atoms with Gasteiger partial charge in [0, 0.05) is 32.0 Å². The van der Waals surface area contributed by atoms with Crippen LogP contribution in [0.1, 0.15) is 55.2 Å². The molecule has 0 aliphatic heterocycles. The van der Waals surface area contributed by atoms with Crippen molar-refractivity contribution in [1.82, 2.24) is 19.4 Å². The van der Waals surface area contributed by atoms with Crippen molar-refractivity contribution in [3.05, 3.63) is 68.0 Å². The Morgan fingerprint density at radius 3 is 2.29 bits per heavy atom. The number of H-pyrrole nitrogens is 1. The lowest BCUT2D eigenvalue weighted by atomic mass is 10.0. The number of amides is 2. The third-order valence-electron chi connectivity index (χ3n) is 5.42. The molecule has 0 unspecified atom stereocenters. The fourth-order valence-electron chi connectivity index (χ4n) is 3.54. The number of hydrogen-bond donors (Lipinski definition) is 2. The number of hydrogen-bond acceptors (Lipinski definition) is 5. The van der Waals surface area contributed by atoms with Crippen molar-refractivity contribution in [2.24, 2.45) is 5.92 Å². The first-order chi connectivity index (χ1) is 16.0. The molecule has 0 saturated carbocycles. The zero-order valence-electron chi connectivity index (χ0n) is 20.4. The molecule has 0 fully saturated rings. The number of carbonyl (C=O) groups is 2. The van der Waals surface area contributed by atoms with Gasteiger partial charge in [0.15, 0.2) is 5.65 Å². The minimum Gasteiger partial charge on any atom is -0.349 e. The number of rotatable bonds is 7. The Labute approximate surface area is 197 Å². The van der Waals surface area contributed by atoms with Crippen LogP contribution in [0, 0.1) is 5.92 Å². The summed E-state index contributed by atoms with van der Waals surface area (Å²) < 4.78 is 1.42. The van der Waals surface area contributed by atoms with E-state index >= 15 is 0 Å². The predicted molar refractivity (Wildman–Crippen MR) is 132 cm³/mol. The highest BCUT2D eigenvalue weighted by molar-refractivity contribution is 6.11. The van der Waals surface area contributed by atoms with Gasteiger partial charge in [-0.15, -0.1) is 0 Å². The van der Waals surface area contributed by atoms with Crippen LogP contribution < -0.4 is 16.6 Å². The van der Waals surface area contributed by atoms with E-state index in [1.807, 2.05) is 27.7 Å². The number of anilines is 1. The number of likely N-dealkylation sites (N-methyl/N-ethyl adjacent to an activating group) is 1. The minimum atomic E-state index is -0.648. The molecule has 2 heterocycles. The Hall–Kier alpha value is -3.75. The van der Waals surface area contributed by atoms with Crippen molar-refractivity contribution < 1.29 is 9.59 Å². The fourth-order valence-corrected chi connectivity index (χ4v) is 3.54.